The van der Waals surface area contributed by atoms with Gasteiger partial charge in [-0.3, -0.25) is 9.59 Å². The van der Waals surface area contributed by atoms with Crippen LogP contribution >= 0.6 is 0 Å². The van der Waals surface area contributed by atoms with Crippen molar-refractivity contribution in [3.8, 4) is 0 Å². The fourth-order valence-electron chi connectivity index (χ4n) is 2.48. The summed E-state index contributed by atoms with van der Waals surface area (Å²) in [4.78, 5) is 23.3. The van der Waals surface area contributed by atoms with Crippen LogP contribution in [-0.4, -0.2) is 17.9 Å². The van der Waals surface area contributed by atoms with Crippen molar-refractivity contribution < 1.29 is 14.9 Å². The van der Waals surface area contributed by atoms with Gasteiger partial charge < -0.3 is 16.0 Å². The first-order valence-corrected chi connectivity index (χ1v) is 8.04. The second-order valence-corrected chi connectivity index (χ2v) is 5.93. The van der Waals surface area contributed by atoms with Crippen molar-refractivity contribution in [3.05, 3.63) is 60.2 Å². The lowest BCUT2D eigenvalue weighted by Crippen LogP contribution is -2.91. The fourth-order valence-corrected chi connectivity index (χ4v) is 2.48. The Kier molecular flexibility index (Phi) is 6.09. The molecule has 0 aliphatic heterocycles. The molecule has 24 heavy (non-hydrogen) atoms. The summed E-state index contributed by atoms with van der Waals surface area (Å²) in [6.07, 6.45) is 0. The average molecular weight is 326 g/mol. The third-order valence-electron chi connectivity index (χ3n) is 3.79. The van der Waals surface area contributed by atoms with Crippen molar-refractivity contribution in [2.24, 2.45) is 0 Å². The molecule has 0 fully saturated rings. The number of amides is 2. The Balaban J connectivity index is 1.90. The van der Waals surface area contributed by atoms with Crippen molar-refractivity contribution >= 4 is 23.2 Å². The van der Waals surface area contributed by atoms with E-state index < -0.39 is 0 Å². The van der Waals surface area contributed by atoms with Crippen LogP contribution in [0.1, 0.15) is 32.4 Å². The van der Waals surface area contributed by atoms with Gasteiger partial charge in [0.05, 0.1) is 0 Å². The summed E-state index contributed by atoms with van der Waals surface area (Å²) < 4.78 is 0. The van der Waals surface area contributed by atoms with Gasteiger partial charge in [-0.1, -0.05) is 30.3 Å². The van der Waals surface area contributed by atoms with Gasteiger partial charge in [-0.2, -0.15) is 0 Å². The summed E-state index contributed by atoms with van der Waals surface area (Å²) in [5.41, 5.74) is 2.61. The Morgan fingerprint density at radius 3 is 1.96 bits per heavy atom. The van der Waals surface area contributed by atoms with Crippen LogP contribution in [0.25, 0.3) is 0 Å². The topological polar surface area (TPSA) is 74.8 Å². The van der Waals surface area contributed by atoms with Gasteiger partial charge in [0.1, 0.15) is 6.04 Å². The molecular weight excluding hydrogens is 302 g/mol. The molecule has 2 amide bonds. The highest BCUT2D eigenvalue weighted by Gasteiger charge is 2.20. The maximum Gasteiger partial charge on any atom is 0.282 e. The van der Waals surface area contributed by atoms with Crippen molar-refractivity contribution in [1.29, 1.82) is 0 Å². The summed E-state index contributed by atoms with van der Waals surface area (Å²) in [6.45, 7) is 5.43. The minimum atomic E-state index is -0.213. The standard InChI is InChI=1S/C19H23N3O2/c1-13(16-7-5-4-6-8-16)20-14(2)19(24)22-18-11-9-17(10-12-18)21-15(3)23/h4-14,20H,1-3H3,(H,21,23)(H,22,24)/p+1/t13-,14+/m1/s1. The molecular formula is C19H24N3O2+. The van der Waals surface area contributed by atoms with Crippen LogP contribution in [0.15, 0.2) is 54.6 Å². The van der Waals surface area contributed by atoms with Crippen molar-refractivity contribution in [2.75, 3.05) is 10.6 Å². The zero-order valence-electron chi connectivity index (χ0n) is 14.2. The number of hydrogen-bond acceptors (Lipinski definition) is 2. The van der Waals surface area contributed by atoms with Crippen LogP contribution in [0.4, 0.5) is 11.4 Å². The van der Waals surface area contributed by atoms with Gasteiger partial charge in [-0.05, 0) is 38.1 Å². The van der Waals surface area contributed by atoms with Crippen LogP contribution in [0, 0.1) is 0 Å². The number of carbonyl (C=O) groups excluding carboxylic acids is 2. The van der Waals surface area contributed by atoms with E-state index in [1.165, 1.54) is 12.5 Å². The second kappa shape index (κ2) is 8.26. The summed E-state index contributed by atoms with van der Waals surface area (Å²) >= 11 is 0. The van der Waals surface area contributed by atoms with Gasteiger partial charge in [0.15, 0.2) is 6.04 Å². The van der Waals surface area contributed by atoms with Crippen LogP contribution in [0.5, 0.6) is 0 Å². The molecule has 0 aliphatic rings. The number of quaternary nitrogens is 1. The molecule has 4 N–H and O–H groups in total. The molecule has 2 aromatic carbocycles. The zero-order valence-corrected chi connectivity index (χ0v) is 14.2. The molecule has 0 aromatic heterocycles. The minimum Gasteiger partial charge on any atom is -0.330 e. The predicted octanol–water partition coefficient (Wildman–Crippen LogP) is 2.30. The summed E-state index contributed by atoms with van der Waals surface area (Å²) in [7, 11) is 0. The molecule has 0 spiro atoms. The SMILES string of the molecule is CC(=O)Nc1ccc(NC(=O)[C@H](C)[NH2+][C@H](C)c2ccccc2)cc1. The van der Waals surface area contributed by atoms with E-state index in [0.717, 1.165) is 0 Å². The van der Waals surface area contributed by atoms with E-state index in [9.17, 15) is 9.59 Å². The van der Waals surface area contributed by atoms with Crippen LogP contribution in [0.3, 0.4) is 0 Å². The molecule has 126 valence electrons. The Bertz CT molecular complexity index is 684. The zero-order chi connectivity index (χ0) is 17.5. The summed E-state index contributed by atoms with van der Waals surface area (Å²) in [6, 6.07) is 17.2. The lowest BCUT2D eigenvalue weighted by Gasteiger charge is -2.17. The Hall–Kier alpha value is -2.66. The third kappa shape index (κ3) is 5.21. The molecule has 5 heteroatoms. The highest BCUT2D eigenvalue weighted by atomic mass is 16.2. The number of carbonyl (C=O) groups is 2. The highest BCUT2D eigenvalue weighted by Crippen LogP contribution is 2.13. The number of benzene rings is 2. The maximum absolute atomic E-state index is 12.3. The van der Waals surface area contributed by atoms with E-state index in [2.05, 4.69) is 29.7 Å². The van der Waals surface area contributed by atoms with Crippen molar-refractivity contribution in [3.63, 3.8) is 0 Å². The molecule has 0 saturated carbocycles. The maximum atomic E-state index is 12.3. The third-order valence-corrected chi connectivity index (χ3v) is 3.79. The van der Waals surface area contributed by atoms with Gasteiger partial charge in [-0.15, -0.1) is 0 Å². The fraction of sp³-hybridized carbons (Fsp3) is 0.263. The summed E-state index contributed by atoms with van der Waals surface area (Å²) in [5.74, 6) is -0.171. The van der Waals surface area contributed by atoms with Gasteiger partial charge in [0.25, 0.3) is 5.91 Å². The number of rotatable bonds is 6. The van der Waals surface area contributed by atoms with E-state index in [0.29, 0.717) is 11.4 Å². The number of nitrogens with two attached hydrogens (primary N) is 1. The molecule has 0 radical (unpaired) electrons. The minimum absolute atomic E-state index is 0.0509. The van der Waals surface area contributed by atoms with Gasteiger partial charge in [0, 0.05) is 23.9 Å². The van der Waals surface area contributed by atoms with E-state index in [1.54, 1.807) is 24.3 Å². The lowest BCUT2D eigenvalue weighted by atomic mass is 10.1. The molecule has 0 heterocycles. The normalized spacial score (nSPS) is 13.0. The monoisotopic (exact) mass is 326 g/mol. The van der Waals surface area contributed by atoms with Crippen LogP contribution in [-0.2, 0) is 9.59 Å². The molecule has 2 rings (SSSR count). The van der Waals surface area contributed by atoms with Gasteiger partial charge in [-0.25, -0.2) is 0 Å². The van der Waals surface area contributed by atoms with E-state index >= 15 is 0 Å². The molecule has 0 bridgehead atoms. The largest absolute Gasteiger partial charge is 0.330 e. The Labute approximate surface area is 142 Å². The molecule has 2 atom stereocenters. The van der Waals surface area contributed by atoms with E-state index in [-0.39, 0.29) is 23.9 Å². The first-order chi connectivity index (χ1) is 11.5. The number of hydrogen-bond donors (Lipinski definition) is 3. The van der Waals surface area contributed by atoms with Crippen LogP contribution in [0.2, 0.25) is 0 Å². The van der Waals surface area contributed by atoms with Crippen molar-refractivity contribution in [1.82, 2.24) is 0 Å². The molecule has 0 aliphatic carbocycles. The molecule has 0 saturated heterocycles. The van der Waals surface area contributed by atoms with Gasteiger partial charge >= 0.3 is 0 Å². The second-order valence-electron chi connectivity index (χ2n) is 5.93. The Morgan fingerprint density at radius 2 is 1.42 bits per heavy atom. The Morgan fingerprint density at radius 1 is 0.875 bits per heavy atom. The lowest BCUT2D eigenvalue weighted by molar-refractivity contribution is -0.709. The predicted molar refractivity (Wildman–Crippen MR) is 95.6 cm³/mol. The van der Waals surface area contributed by atoms with E-state index in [1.807, 2.05) is 30.4 Å². The number of anilines is 2. The first kappa shape index (κ1) is 17.7. The van der Waals surface area contributed by atoms with Crippen molar-refractivity contribution in [2.45, 2.75) is 32.9 Å². The van der Waals surface area contributed by atoms with Gasteiger partial charge in [0.2, 0.25) is 5.91 Å². The first-order valence-electron chi connectivity index (χ1n) is 8.04. The summed E-state index contributed by atoms with van der Waals surface area (Å²) in [5, 5.41) is 7.63. The smallest absolute Gasteiger partial charge is 0.282 e. The number of nitrogens with one attached hydrogen (secondary N) is 2. The molecule has 0 unspecified atom stereocenters. The molecule has 2 aromatic rings. The highest BCUT2D eigenvalue weighted by molar-refractivity contribution is 5.94. The van der Waals surface area contributed by atoms with Crippen LogP contribution < -0.4 is 16.0 Å². The quantitative estimate of drug-likeness (QED) is 0.762. The van der Waals surface area contributed by atoms with E-state index in [4.69, 9.17) is 0 Å². The average Bonchev–Trinajstić information content (AvgIpc) is 2.56. The molecule has 5 nitrogen and oxygen atoms in total.